The molecule has 1 atom stereocenters. The van der Waals surface area contributed by atoms with Gasteiger partial charge in [0.1, 0.15) is 5.82 Å². The lowest BCUT2D eigenvalue weighted by Crippen LogP contribution is -1.99. The van der Waals surface area contributed by atoms with E-state index in [0.29, 0.717) is 0 Å². The molecule has 1 unspecified atom stereocenters. The second kappa shape index (κ2) is 6.56. The van der Waals surface area contributed by atoms with Crippen molar-refractivity contribution in [2.24, 2.45) is 0 Å². The van der Waals surface area contributed by atoms with Gasteiger partial charge in [-0.25, -0.2) is 4.98 Å². The molecule has 0 aliphatic heterocycles. The average Bonchev–Trinajstić information content (AvgIpc) is 3.02. The van der Waals surface area contributed by atoms with Crippen LogP contribution in [0.15, 0.2) is 65.8 Å². The average molecular weight is 335 g/mol. The van der Waals surface area contributed by atoms with E-state index in [1.54, 1.807) is 18.0 Å². The van der Waals surface area contributed by atoms with E-state index in [2.05, 4.69) is 9.97 Å². The van der Waals surface area contributed by atoms with Crippen LogP contribution >= 0.6 is 35.0 Å². The Morgan fingerprint density at radius 2 is 1.52 bits per heavy atom. The number of nitrogens with one attached hydrogen (secondary N) is 1. The molecule has 3 rings (SSSR count). The van der Waals surface area contributed by atoms with E-state index in [9.17, 15) is 0 Å². The maximum Gasteiger partial charge on any atom is 0.124 e. The lowest BCUT2D eigenvalue weighted by molar-refractivity contribution is 1.00. The first-order valence-corrected chi connectivity index (χ1v) is 8.03. The van der Waals surface area contributed by atoms with Crippen molar-refractivity contribution in [3.63, 3.8) is 0 Å². The highest BCUT2D eigenvalue weighted by molar-refractivity contribution is 7.99. The molecule has 3 aromatic rings. The second-order valence-electron chi connectivity index (χ2n) is 4.48. The quantitative estimate of drug-likeness (QED) is 0.629. The summed E-state index contributed by atoms with van der Waals surface area (Å²) in [5, 5.41) is 1.55. The van der Waals surface area contributed by atoms with Crippen LogP contribution in [0.2, 0.25) is 10.0 Å². The summed E-state index contributed by atoms with van der Waals surface area (Å²) in [5.74, 6) is 0.914. The van der Waals surface area contributed by atoms with E-state index in [1.165, 1.54) is 0 Å². The van der Waals surface area contributed by atoms with Crippen LogP contribution in [0.25, 0.3) is 0 Å². The van der Waals surface area contributed by atoms with Crippen molar-refractivity contribution in [3.05, 3.63) is 82.4 Å². The van der Waals surface area contributed by atoms with Gasteiger partial charge in [0.2, 0.25) is 0 Å². The summed E-state index contributed by atoms with van der Waals surface area (Å²) < 4.78 is 0. The van der Waals surface area contributed by atoms with Gasteiger partial charge in [-0.1, -0.05) is 35.3 Å². The van der Waals surface area contributed by atoms with E-state index in [4.69, 9.17) is 23.2 Å². The van der Waals surface area contributed by atoms with Gasteiger partial charge in [0.25, 0.3) is 0 Å². The predicted octanol–water partition coefficient (Wildman–Crippen LogP) is 5.60. The smallest absolute Gasteiger partial charge is 0.124 e. The molecule has 0 amide bonds. The minimum Gasteiger partial charge on any atom is -0.347 e. The molecule has 0 bridgehead atoms. The number of rotatable bonds is 4. The Kier molecular flexibility index (Phi) is 4.54. The fraction of sp³-hybridized carbons (Fsp3) is 0.0625. The summed E-state index contributed by atoms with van der Waals surface area (Å²) in [5.41, 5.74) is 1.15. The third-order valence-corrected chi connectivity index (χ3v) is 4.79. The number of aromatic amines is 1. The zero-order chi connectivity index (χ0) is 14.7. The Morgan fingerprint density at radius 3 is 2.10 bits per heavy atom. The van der Waals surface area contributed by atoms with Crippen LogP contribution in [-0.4, -0.2) is 9.97 Å². The summed E-state index contributed by atoms with van der Waals surface area (Å²) in [6.07, 6.45) is 3.60. The monoisotopic (exact) mass is 334 g/mol. The van der Waals surface area contributed by atoms with E-state index in [0.717, 1.165) is 26.3 Å². The van der Waals surface area contributed by atoms with Gasteiger partial charge in [-0.05, 0) is 42.0 Å². The largest absolute Gasteiger partial charge is 0.347 e. The van der Waals surface area contributed by atoms with E-state index in [1.807, 2.05) is 54.7 Å². The molecular weight excluding hydrogens is 323 g/mol. The minimum absolute atomic E-state index is 0.0819. The van der Waals surface area contributed by atoms with Crippen molar-refractivity contribution >= 4 is 35.0 Å². The maximum atomic E-state index is 5.97. The van der Waals surface area contributed by atoms with Gasteiger partial charge in [0.05, 0.1) is 5.25 Å². The molecule has 0 aliphatic rings. The van der Waals surface area contributed by atoms with Crippen molar-refractivity contribution in [2.75, 3.05) is 0 Å². The molecule has 21 heavy (non-hydrogen) atoms. The summed E-state index contributed by atoms with van der Waals surface area (Å²) in [7, 11) is 0. The number of hydrogen-bond donors (Lipinski definition) is 1. The molecule has 0 spiro atoms. The molecule has 1 N–H and O–H groups in total. The van der Waals surface area contributed by atoms with Gasteiger partial charge in [0.15, 0.2) is 0 Å². The second-order valence-corrected chi connectivity index (χ2v) is 6.53. The summed E-state index contributed by atoms with van der Waals surface area (Å²) >= 11 is 13.6. The van der Waals surface area contributed by atoms with E-state index in [-0.39, 0.29) is 5.25 Å². The van der Waals surface area contributed by atoms with Gasteiger partial charge < -0.3 is 4.98 Å². The van der Waals surface area contributed by atoms with Crippen molar-refractivity contribution in [2.45, 2.75) is 10.1 Å². The highest BCUT2D eigenvalue weighted by Gasteiger charge is 2.18. The third-order valence-electron chi connectivity index (χ3n) is 3.01. The molecule has 2 aromatic carbocycles. The van der Waals surface area contributed by atoms with Crippen LogP contribution in [0.1, 0.15) is 16.6 Å². The van der Waals surface area contributed by atoms with Crippen LogP contribution in [-0.2, 0) is 0 Å². The summed E-state index contributed by atoms with van der Waals surface area (Å²) in [4.78, 5) is 8.72. The van der Waals surface area contributed by atoms with Crippen LogP contribution in [0.4, 0.5) is 0 Å². The summed E-state index contributed by atoms with van der Waals surface area (Å²) in [6.45, 7) is 0. The molecule has 1 aromatic heterocycles. The third kappa shape index (κ3) is 3.62. The Bertz CT molecular complexity index is 694. The fourth-order valence-corrected chi connectivity index (χ4v) is 3.34. The summed E-state index contributed by atoms with van der Waals surface area (Å²) in [6, 6.07) is 15.7. The molecule has 0 saturated heterocycles. The minimum atomic E-state index is 0.0819. The van der Waals surface area contributed by atoms with Crippen LogP contribution < -0.4 is 0 Å². The maximum absolute atomic E-state index is 5.97. The molecule has 0 fully saturated rings. The van der Waals surface area contributed by atoms with Gasteiger partial charge in [-0.3, -0.25) is 0 Å². The first-order chi connectivity index (χ1) is 10.2. The SMILES string of the molecule is Clc1ccc(SC(c2ccc(Cl)cc2)c2ncc[nH]2)cc1. The number of H-pyrrole nitrogens is 1. The standard InChI is InChI=1S/C16H12Cl2N2S/c17-12-3-1-11(2-4-12)15(16-19-9-10-20-16)21-14-7-5-13(18)6-8-14/h1-10,15H,(H,19,20). The highest BCUT2D eigenvalue weighted by atomic mass is 35.5. The first-order valence-electron chi connectivity index (χ1n) is 6.39. The number of aromatic nitrogens is 2. The Balaban J connectivity index is 1.93. The topological polar surface area (TPSA) is 28.7 Å². The van der Waals surface area contributed by atoms with Crippen molar-refractivity contribution < 1.29 is 0 Å². The number of hydrogen-bond acceptors (Lipinski definition) is 2. The molecule has 106 valence electrons. The normalized spacial score (nSPS) is 12.3. The molecule has 0 saturated carbocycles. The van der Waals surface area contributed by atoms with Crippen molar-refractivity contribution in [1.29, 1.82) is 0 Å². The molecule has 0 aliphatic carbocycles. The van der Waals surface area contributed by atoms with Gasteiger partial charge in [-0.15, -0.1) is 11.8 Å². The number of benzene rings is 2. The molecule has 1 heterocycles. The molecular formula is C16H12Cl2N2S. The van der Waals surface area contributed by atoms with Crippen LogP contribution in [0.3, 0.4) is 0 Å². The van der Waals surface area contributed by atoms with Crippen molar-refractivity contribution in [1.82, 2.24) is 9.97 Å². The Labute approximate surface area is 137 Å². The number of imidazole rings is 1. The fourth-order valence-electron chi connectivity index (χ4n) is 1.99. The predicted molar refractivity (Wildman–Crippen MR) is 89.2 cm³/mol. The molecule has 0 radical (unpaired) electrons. The zero-order valence-corrected chi connectivity index (χ0v) is 13.3. The van der Waals surface area contributed by atoms with Gasteiger partial charge in [-0.2, -0.15) is 0 Å². The zero-order valence-electron chi connectivity index (χ0n) is 11.0. The Hall–Kier alpha value is -1.42. The molecule has 2 nitrogen and oxygen atoms in total. The van der Waals surface area contributed by atoms with Crippen molar-refractivity contribution in [3.8, 4) is 0 Å². The van der Waals surface area contributed by atoms with Crippen LogP contribution in [0, 0.1) is 0 Å². The lowest BCUT2D eigenvalue weighted by Gasteiger charge is -2.15. The van der Waals surface area contributed by atoms with Gasteiger partial charge >= 0.3 is 0 Å². The number of halogens is 2. The number of nitrogens with zero attached hydrogens (tertiary/aromatic N) is 1. The van der Waals surface area contributed by atoms with Gasteiger partial charge in [0, 0.05) is 27.3 Å². The first kappa shape index (κ1) is 14.5. The Morgan fingerprint density at radius 1 is 0.905 bits per heavy atom. The van der Waals surface area contributed by atoms with Crippen LogP contribution in [0.5, 0.6) is 0 Å². The number of thioether (sulfide) groups is 1. The lowest BCUT2D eigenvalue weighted by atomic mass is 10.1. The van der Waals surface area contributed by atoms with E-state index < -0.39 is 0 Å². The highest BCUT2D eigenvalue weighted by Crippen LogP contribution is 2.39. The van der Waals surface area contributed by atoms with E-state index >= 15 is 0 Å². The molecule has 5 heteroatoms.